The number of rotatable bonds is 4. The zero-order valence-corrected chi connectivity index (χ0v) is 11.2. The Bertz CT molecular complexity index is 570. The Morgan fingerprint density at radius 3 is 2.58 bits per heavy atom. The van der Waals surface area contributed by atoms with Gasteiger partial charge in [0.25, 0.3) is 0 Å². The van der Waals surface area contributed by atoms with Gasteiger partial charge in [0.1, 0.15) is 0 Å². The van der Waals surface area contributed by atoms with E-state index in [2.05, 4.69) is 5.32 Å². The first-order chi connectivity index (χ1) is 9.15. The molecule has 2 rings (SSSR count). The van der Waals surface area contributed by atoms with E-state index in [9.17, 15) is 4.79 Å². The molecule has 0 aromatic heterocycles. The van der Waals surface area contributed by atoms with Crippen molar-refractivity contribution in [3.05, 3.63) is 59.1 Å². The lowest BCUT2D eigenvalue weighted by atomic mass is 10.1. The van der Waals surface area contributed by atoms with Crippen molar-refractivity contribution in [2.24, 2.45) is 0 Å². The van der Waals surface area contributed by atoms with Gasteiger partial charge in [-0.15, -0.1) is 0 Å². The lowest BCUT2D eigenvalue weighted by molar-refractivity contribution is -0.116. The van der Waals surface area contributed by atoms with Crippen molar-refractivity contribution in [3.8, 4) is 0 Å². The zero-order chi connectivity index (χ0) is 13.7. The molecule has 0 atom stereocenters. The number of halogens is 1. The van der Waals surface area contributed by atoms with Crippen LogP contribution in [-0.4, -0.2) is 5.91 Å². The third kappa shape index (κ3) is 4.00. The Kier molecular flexibility index (Phi) is 4.42. The first-order valence-electron chi connectivity index (χ1n) is 6.04. The predicted molar refractivity (Wildman–Crippen MR) is 79.3 cm³/mol. The monoisotopic (exact) mass is 274 g/mol. The Morgan fingerprint density at radius 1 is 1.16 bits per heavy atom. The highest BCUT2D eigenvalue weighted by molar-refractivity contribution is 6.33. The average molecular weight is 275 g/mol. The van der Waals surface area contributed by atoms with Gasteiger partial charge in [0.2, 0.25) is 5.91 Å². The Morgan fingerprint density at radius 2 is 1.89 bits per heavy atom. The van der Waals surface area contributed by atoms with Gasteiger partial charge in [0.05, 0.1) is 10.7 Å². The molecule has 0 aliphatic heterocycles. The third-order valence-corrected chi connectivity index (χ3v) is 3.11. The van der Waals surface area contributed by atoms with Crippen LogP contribution in [0.25, 0.3) is 0 Å². The van der Waals surface area contributed by atoms with E-state index in [4.69, 9.17) is 17.3 Å². The van der Waals surface area contributed by atoms with Crippen LogP contribution < -0.4 is 11.1 Å². The highest BCUT2D eigenvalue weighted by Gasteiger charge is 2.04. The summed E-state index contributed by atoms with van der Waals surface area (Å²) in [6.45, 7) is 0. The Labute approximate surface area is 117 Å². The van der Waals surface area contributed by atoms with Crippen molar-refractivity contribution >= 4 is 28.9 Å². The van der Waals surface area contributed by atoms with Gasteiger partial charge in [-0.1, -0.05) is 41.9 Å². The smallest absolute Gasteiger partial charge is 0.224 e. The predicted octanol–water partition coefficient (Wildman–Crippen LogP) is 3.49. The van der Waals surface area contributed by atoms with Gasteiger partial charge in [-0.05, 0) is 30.2 Å². The maximum atomic E-state index is 11.8. The minimum atomic E-state index is -0.0365. The van der Waals surface area contributed by atoms with E-state index in [1.54, 1.807) is 18.2 Å². The number of carbonyl (C=O) groups excluding carboxylic acids is 1. The number of benzene rings is 2. The number of carbonyl (C=O) groups is 1. The van der Waals surface area contributed by atoms with Crippen LogP contribution in [0.5, 0.6) is 0 Å². The van der Waals surface area contributed by atoms with Crippen LogP contribution >= 0.6 is 11.6 Å². The van der Waals surface area contributed by atoms with Gasteiger partial charge in [0, 0.05) is 12.1 Å². The van der Waals surface area contributed by atoms with Crippen molar-refractivity contribution in [1.82, 2.24) is 0 Å². The molecule has 0 bridgehead atoms. The van der Waals surface area contributed by atoms with E-state index in [1.165, 1.54) is 0 Å². The summed E-state index contributed by atoms with van der Waals surface area (Å²) >= 11 is 5.82. The molecule has 98 valence electrons. The van der Waals surface area contributed by atoms with E-state index in [1.807, 2.05) is 30.3 Å². The summed E-state index contributed by atoms with van der Waals surface area (Å²) in [5.41, 5.74) is 7.95. The van der Waals surface area contributed by atoms with Crippen LogP contribution in [0.3, 0.4) is 0 Å². The summed E-state index contributed by atoms with van der Waals surface area (Å²) in [5, 5.41) is 3.29. The summed E-state index contributed by atoms with van der Waals surface area (Å²) in [7, 11) is 0. The normalized spacial score (nSPS) is 10.2. The molecule has 0 radical (unpaired) electrons. The Hall–Kier alpha value is -2.00. The van der Waals surface area contributed by atoms with Gasteiger partial charge in [-0.3, -0.25) is 4.79 Å². The van der Waals surface area contributed by atoms with Gasteiger partial charge in [-0.25, -0.2) is 0 Å². The fourth-order valence-electron chi connectivity index (χ4n) is 1.75. The second kappa shape index (κ2) is 6.25. The van der Waals surface area contributed by atoms with Gasteiger partial charge in [0.15, 0.2) is 0 Å². The molecule has 19 heavy (non-hydrogen) atoms. The van der Waals surface area contributed by atoms with Crippen LogP contribution in [0.1, 0.15) is 12.0 Å². The minimum Gasteiger partial charge on any atom is -0.397 e. The topological polar surface area (TPSA) is 55.1 Å². The number of hydrogen-bond acceptors (Lipinski definition) is 2. The van der Waals surface area contributed by atoms with Gasteiger partial charge in [-0.2, -0.15) is 0 Å². The van der Waals surface area contributed by atoms with E-state index in [-0.39, 0.29) is 5.91 Å². The molecule has 0 saturated heterocycles. The van der Waals surface area contributed by atoms with Crippen molar-refractivity contribution < 1.29 is 4.79 Å². The number of nitrogens with one attached hydrogen (secondary N) is 1. The van der Waals surface area contributed by atoms with Crippen LogP contribution in [0, 0.1) is 0 Å². The number of nitrogen functional groups attached to an aromatic ring is 1. The van der Waals surface area contributed by atoms with Gasteiger partial charge >= 0.3 is 0 Å². The molecule has 3 nitrogen and oxygen atoms in total. The first kappa shape index (κ1) is 13.4. The summed E-state index contributed by atoms with van der Waals surface area (Å²) in [6, 6.07) is 15.0. The molecule has 4 heteroatoms. The quantitative estimate of drug-likeness (QED) is 0.839. The highest BCUT2D eigenvalue weighted by atomic mass is 35.5. The van der Waals surface area contributed by atoms with Crippen LogP contribution in [0.2, 0.25) is 5.02 Å². The third-order valence-electron chi connectivity index (χ3n) is 2.76. The zero-order valence-electron chi connectivity index (χ0n) is 10.4. The summed E-state index contributed by atoms with van der Waals surface area (Å²) in [6.07, 6.45) is 1.16. The SMILES string of the molecule is Nc1cc(NC(=O)CCc2ccccc2)ccc1Cl. The molecule has 0 aliphatic carbocycles. The lowest BCUT2D eigenvalue weighted by Gasteiger charge is -2.07. The van der Waals surface area contributed by atoms with Crippen LogP contribution in [-0.2, 0) is 11.2 Å². The number of aryl methyl sites for hydroxylation is 1. The summed E-state index contributed by atoms with van der Waals surface area (Å²) in [4.78, 5) is 11.8. The highest BCUT2D eigenvalue weighted by Crippen LogP contribution is 2.22. The van der Waals surface area contributed by atoms with Crippen molar-refractivity contribution in [2.75, 3.05) is 11.1 Å². The maximum absolute atomic E-state index is 11.8. The maximum Gasteiger partial charge on any atom is 0.224 e. The number of anilines is 2. The summed E-state index contributed by atoms with van der Waals surface area (Å²) < 4.78 is 0. The molecule has 0 heterocycles. The first-order valence-corrected chi connectivity index (χ1v) is 6.42. The minimum absolute atomic E-state index is 0.0365. The van der Waals surface area contributed by atoms with Crippen LogP contribution in [0.4, 0.5) is 11.4 Å². The molecular formula is C15H15ClN2O. The molecule has 0 saturated carbocycles. The van der Waals surface area contributed by atoms with E-state index in [0.29, 0.717) is 22.8 Å². The van der Waals surface area contributed by atoms with Crippen molar-refractivity contribution in [2.45, 2.75) is 12.8 Å². The molecule has 3 N–H and O–H groups in total. The van der Waals surface area contributed by atoms with Crippen molar-refractivity contribution in [1.29, 1.82) is 0 Å². The summed E-state index contributed by atoms with van der Waals surface area (Å²) in [5.74, 6) is -0.0365. The molecule has 2 aromatic carbocycles. The van der Waals surface area contributed by atoms with E-state index in [0.717, 1.165) is 12.0 Å². The standard InChI is InChI=1S/C15H15ClN2O/c16-13-8-7-12(10-14(13)17)18-15(19)9-6-11-4-2-1-3-5-11/h1-5,7-8,10H,6,9,17H2,(H,18,19). The Balaban J connectivity index is 1.89. The van der Waals surface area contributed by atoms with E-state index < -0.39 is 0 Å². The number of hydrogen-bond donors (Lipinski definition) is 2. The molecule has 0 aliphatic rings. The second-order valence-electron chi connectivity index (χ2n) is 4.27. The fourth-order valence-corrected chi connectivity index (χ4v) is 1.87. The number of amides is 1. The lowest BCUT2D eigenvalue weighted by Crippen LogP contribution is -2.12. The fraction of sp³-hybridized carbons (Fsp3) is 0.133. The molecule has 2 aromatic rings. The molecule has 0 fully saturated rings. The van der Waals surface area contributed by atoms with Gasteiger partial charge < -0.3 is 11.1 Å². The largest absolute Gasteiger partial charge is 0.397 e. The molecular weight excluding hydrogens is 260 g/mol. The number of nitrogens with two attached hydrogens (primary N) is 1. The van der Waals surface area contributed by atoms with Crippen LogP contribution in [0.15, 0.2) is 48.5 Å². The van der Waals surface area contributed by atoms with Crippen molar-refractivity contribution in [3.63, 3.8) is 0 Å². The second-order valence-corrected chi connectivity index (χ2v) is 4.68. The molecule has 0 unspecified atom stereocenters. The molecule has 1 amide bonds. The molecule has 0 spiro atoms. The van der Waals surface area contributed by atoms with E-state index >= 15 is 0 Å². The average Bonchev–Trinajstić information content (AvgIpc) is 2.42.